The summed E-state index contributed by atoms with van der Waals surface area (Å²) in [5, 5.41) is 10.9. The normalized spacial score (nSPS) is 23.8. The fourth-order valence-electron chi connectivity index (χ4n) is 3.18. The molecule has 1 aliphatic carbocycles. The molecule has 1 heterocycles. The molecule has 0 fully saturated rings. The molecular formula is C16H26N2O. The van der Waals surface area contributed by atoms with Crippen molar-refractivity contribution in [3.05, 3.63) is 29.6 Å². The van der Waals surface area contributed by atoms with Crippen molar-refractivity contribution in [2.75, 3.05) is 14.1 Å². The number of likely N-dealkylation sites (N-methyl/N-ethyl adjacent to an activating group) is 1. The van der Waals surface area contributed by atoms with Gasteiger partial charge in [0.1, 0.15) is 0 Å². The first-order valence-corrected chi connectivity index (χ1v) is 7.30. The van der Waals surface area contributed by atoms with Crippen LogP contribution in [0.15, 0.2) is 18.3 Å². The van der Waals surface area contributed by atoms with Gasteiger partial charge in [0.05, 0.1) is 6.10 Å². The number of aromatic nitrogens is 1. The van der Waals surface area contributed by atoms with Crippen molar-refractivity contribution in [3.8, 4) is 0 Å². The summed E-state index contributed by atoms with van der Waals surface area (Å²) in [5.41, 5.74) is 2.23. The first-order chi connectivity index (χ1) is 9.00. The highest BCUT2D eigenvalue weighted by molar-refractivity contribution is 5.28. The van der Waals surface area contributed by atoms with Crippen LogP contribution in [0.4, 0.5) is 0 Å². The second-order valence-corrected chi connectivity index (χ2v) is 6.10. The smallest absolute Gasteiger partial charge is 0.0804 e. The standard InChI is InChI=1S/C16H26N2O/c1-5-16(2,18(3)4)15(19)13-10-6-8-12-9-7-11-17-14(12)13/h7,9,11,13,15,19H,5-6,8,10H2,1-4H3. The summed E-state index contributed by atoms with van der Waals surface area (Å²) >= 11 is 0. The average molecular weight is 262 g/mol. The fraction of sp³-hybridized carbons (Fsp3) is 0.688. The highest BCUT2D eigenvalue weighted by Crippen LogP contribution is 2.38. The molecule has 1 N–H and O–H groups in total. The van der Waals surface area contributed by atoms with Crippen LogP contribution in [0.2, 0.25) is 0 Å². The van der Waals surface area contributed by atoms with Gasteiger partial charge >= 0.3 is 0 Å². The molecule has 106 valence electrons. The predicted octanol–water partition coefficient (Wildman–Crippen LogP) is 2.59. The van der Waals surface area contributed by atoms with E-state index in [1.807, 2.05) is 12.3 Å². The monoisotopic (exact) mass is 262 g/mol. The van der Waals surface area contributed by atoms with Gasteiger partial charge in [-0.1, -0.05) is 13.0 Å². The number of nitrogens with zero attached hydrogens (tertiary/aromatic N) is 2. The van der Waals surface area contributed by atoms with Gasteiger partial charge in [0.15, 0.2) is 0 Å². The molecule has 0 radical (unpaired) electrons. The number of hydrogen-bond donors (Lipinski definition) is 1. The van der Waals surface area contributed by atoms with Gasteiger partial charge in [0, 0.05) is 23.3 Å². The van der Waals surface area contributed by atoms with Gasteiger partial charge in [0.2, 0.25) is 0 Å². The molecule has 0 saturated carbocycles. The number of pyridine rings is 1. The van der Waals surface area contributed by atoms with Crippen LogP contribution < -0.4 is 0 Å². The first kappa shape index (κ1) is 14.5. The van der Waals surface area contributed by atoms with Crippen LogP contribution in [0.5, 0.6) is 0 Å². The third kappa shape index (κ3) is 2.54. The summed E-state index contributed by atoms with van der Waals surface area (Å²) in [6, 6.07) is 4.15. The molecule has 3 nitrogen and oxygen atoms in total. The molecule has 0 saturated heterocycles. The molecule has 0 aliphatic heterocycles. The third-order valence-corrected chi connectivity index (χ3v) is 4.99. The van der Waals surface area contributed by atoms with Crippen LogP contribution in [0.1, 0.15) is 50.3 Å². The summed E-state index contributed by atoms with van der Waals surface area (Å²) in [6.07, 6.45) is 5.68. The number of aliphatic hydroxyl groups excluding tert-OH is 1. The Bertz CT molecular complexity index is 433. The van der Waals surface area contributed by atoms with E-state index >= 15 is 0 Å². The van der Waals surface area contributed by atoms with Crippen LogP contribution in [0.25, 0.3) is 0 Å². The number of rotatable bonds is 4. The highest BCUT2D eigenvalue weighted by Gasteiger charge is 2.41. The van der Waals surface area contributed by atoms with Crippen LogP contribution in [-0.4, -0.2) is 40.7 Å². The van der Waals surface area contributed by atoms with Crippen LogP contribution in [-0.2, 0) is 6.42 Å². The van der Waals surface area contributed by atoms with Crippen molar-refractivity contribution < 1.29 is 5.11 Å². The SMILES string of the molecule is CCC(C)(C(O)C1CCCc2cccnc21)N(C)C. The van der Waals surface area contributed by atoms with Crippen molar-refractivity contribution in [2.24, 2.45) is 0 Å². The maximum atomic E-state index is 10.9. The van der Waals surface area contributed by atoms with E-state index < -0.39 is 0 Å². The Morgan fingerprint density at radius 2 is 2.26 bits per heavy atom. The minimum atomic E-state index is -0.374. The van der Waals surface area contributed by atoms with Gasteiger partial charge in [-0.2, -0.15) is 0 Å². The fourth-order valence-corrected chi connectivity index (χ4v) is 3.18. The Kier molecular flexibility index (Phi) is 4.26. The van der Waals surface area contributed by atoms with Gasteiger partial charge in [-0.15, -0.1) is 0 Å². The van der Waals surface area contributed by atoms with Gasteiger partial charge in [-0.25, -0.2) is 0 Å². The number of hydrogen-bond acceptors (Lipinski definition) is 3. The molecule has 2 rings (SSSR count). The van der Waals surface area contributed by atoms with E-state index in [4.69, 9.17) is 0 Å². The van der Waals surface area contributed by atoms with Crippen LogP contribution in [0, 0.1) is 0 Å². The predicted molar refractivity (Wildman–Crippen MR) is 78.3 cm³/mol. The lowest BCUT2D eigenvalue weighted by molar-refractivity contribution is -0.0185. The van der Waals surface area contributed by atoms with E-state index in [0.29, 0.717) is 0 Å². The van der Waals surface area contributed by atoms with E-state index in [9.17, 15) is 5.11 Å². The van der Waals surface area contributed by atoms with E-state index in [0.717, 1.165) is 31.4 Å². The molecule has 3 unspecified atom stereocenters. The Labute approximate surface area is 116 Å². The van der Waals surface area contributed by atoms with E-state index in [-0.39, 0.29) is 17.6 Å². The molecule has 19 heavy (non-hydrogen) atoms. The average Bonchev–Trinajstić information content (AvgIpc) is 2.44. The quantitative estimate of drug-likeness (QED) is 0.906. The Balaban J connectivity index is 2.33. The molecule has 1 aromatic rings. The van der Waals surface area contributed by atoms with Gasteiger partial charge < -0.3 is 10.0 Å². The Hall–Kier alpha value is -0.930. The van der Waals surface area contributed by atoms with Crippen molar-refractivity contribution in [3.63, 3.8) is 0 Å². The molecule has 1 aliphatic rings. The Morgan fingerprint density at radius 1 is 1.53 bits per heavy atom. The minimum Gasteiger partial charge on any atom is -0.391 e. The molecule has 1 aromatic heterocycles. The van der Waals surface area contributed by atoms with E-state index in [1.54, 1.807) is 0 Å². The lowest BCUT2D eigenvalue weighted by Crippen LogP contribution is -2.53. The second kappa shape index (κ2) is 5.59. The molecule has 0 bridgehead atoms. The third-order valence-electron chi connectivity index (χ3n) is 4.99. The molecule has 0 spiro atoms. The molecular weight excluding hydrogens is 236 g/mol. The van der Waals surface area contributed by atoms with Crippen molar-refractivity contribution in [1.82, 2.24) is 9.88 Å². The lowest BCUT2D eigenvalue weighted by Gasteiger charge is -2.44. The van der Waals surface area contributed by atoms with Crippen LogP contribution in [0.3, 0.4) is 0 Å². The zero-order valence-electron chi connectivity index (χ0n) is 12.6. The second-order valence-electron chi connectivity index (χ2n) is 6.10. The molecule has 0 amide bonds. The largest absolute Gasteiger partial charge is 0.391 e. The van der Waals surface area contributed by atoms with E-state index in [1.165, 1.54) is 5.56 Å². The summed E-state index contributed by atoms with van der Waals surface area (Å²) in [5.74, 6) is 0.164. The van der Waals surface area contributed by atoms with Crippen molar-refractivity contribution in [2.45, 2.75) is 57.1 Å². The summed E-state index contributed by atoms with van der Waals surface area (Å²) in [7, 11) is 4.10. The zero-order valence-corrected chi connectivity index (χ0v) is 12.6. The summed E-state index contributed by atoms with van der Waals surface area (Å²) < 4.78 is 0. The first-order valence-electron chi connectivity index (χ1n) is 7.30. The van der Waals surface area contributed by atoms with Gasteiger partial charge in [-0.3, -0.25) is 4.98 Å². The maximum absolute atomic E-state index is 10.9. The van der Waals surface area contributed by atoms with Gasteiger partial charge in [0.25, 0.3) is 0 Å². The molecule has 3 atom stereocenters. The van der Waals surface area contributed by atoms with E-state index in [2.05, 4.69) is 43.9 Å². The summed E-state index contributed by atoms with van der Waals surface area (Å²) in [4.78, 5) is 6.70. The maximum Gasteiger partial charge on any atom is 0.0804 e. The Morgan fingerprint density at radius 3 is 2.89 bits per heavy atom. The minimum absolute atomic E-state index is 0.164. The highest BCUT2D eigenvalue weighted by atomic mass is 16.3. The van der Waals surface area contributed by atoms with Gasteiger partial charge in [-0.05, 0) is 58.3 Å². The topological polar surface area (TPSA) is 36.4 Å². The lowest BCUT2D eigenvalue weighted by atomic mass is 9.75. The van der Waals surface area contributed by atoms with Crippen LogP contribution >= 0.6 is 0 Å². The summed E-state index contributed by atoms with van der Waals surface area (Å²) in [6.45, 7) is 4.29. The number of aliphatic hydroxyl groups is 1. The zero-order chi connectivity index (χ0) is 14.0. The van der Waals surface area contributed by atoms with Crippen molar-refractivity contribution in [1.29, 1.82) is 0 Å². The number of fused-ring (bicyclic) bond motifs is 1. The molecule has 3 heteroatoms. The molecule has 0 aromatic carbocycles. The number of aryl methyl sites for hydroxylation is 1. The van der Waals surface area contributed by atoms with Crippen molar-refractivity contribution >= 4 is 0 Å².